The van der Waals surface area contributed by atoms with Gasteiger partial charge in [0.1, 0.15) is 0 Å². The van der Waals surface area contributed by atoms with Crippen LogP contribution in [0.4, 0.5) is 0 Å². The zero-order valence-electron chi connectivity index (χ0n) is 11.2. The maximum Gasteiger partial charge on any atom is 0.0337 e. The summed E-state index contributed by atoms with van der Waals surface area (Å²) in [5.41, 5.74) is 0.810. The van der Waals surface area contributed by atoms with E-state index in [1.807, 2.05) is 0 Å². The minimum absolute atomic E-state index is 0.450. The Morgan fingerprint density at radius 1 is 0.867 bits per heavy atom. The van der Waals surface area contributed by atoms with Gasteiger partial charge in [-0.15, -0.1) is 0 Å². The second-order valence-corrected chi connectivity index (χ2v) is 8.70. The molecule has 1 radical (unpaired) electrons. The minimum atomic E-state index is -0.450. The fraction of sp³-hybridized carbons (Fsp3) is 0.929. The molecule has 15 heavy (non-hydrogen) atoms. The van der Waals surface area contributed by atoms with E-state index in [9.17, 15) is 0 Å². The van der Waals surface area contributed by atoms with Gasteiger partial charge in [0.25, 0.3) is 0 Å². The highest BCUT2D eigenvalue weighted by molar-refractivity contribution is 6.57. The van der Waals surface area contributed by atoms with E-state index in [1.54, 1.807) is 0 Å². The molecular formula is C14H31Si. The van der Waals surface area contributed by atoms with Crippen LogP contribution < -0.4 is 0 Å². The third-order valence-electron chi connectivity index (χ3n) is 3.37. The molecule has 0 aliphatic carbocycles. The highest BCUT2D eigenvalue weighted by Gasteiger charge is 2.07. The molecule has 0 bridgehead atoms. The van der Waals surface area contributed by atoms with Gasteiger partial charge >= 0.3 is 0 Å². The predicted octanol–water partition coefficient (Wildman–Crippen LogP) is 5.21. The third-order valence-corrected chi connectivity index (χ3v) is 5.59. The van der Waals surface area contributed by atoms with Crippen LogP contribution in [0.3, 0.4) is 0 Å². The lowest BCUT2D eigenvalue weighted by Gasteiger charge is -2.13. The monoisotopic (exact) mass is 227 g/mol. The van der Waals surface area contributed by atoms with E-state index >= 15 is 0 Å². The van der Waals surface area contributed by atoms with Crippen molar-refractivity contribution in [2.24, 2.45) is 0 Å². The molecule has 0 spiro atoms. The van der Waals surface area contributed by atoms with Gasteiger partial charge < -0.3 is 0 Å². The van der Waals surface area contributed by atoms with E-state index < -0.39 is 8.80 Å². The summed E-state index contributed by atoms with van der Waals surface area (Å²) in [7, 11) is -0.450. The van der Waals surface area contributed by atoms with Crippen molar-refractivity contribution in [2.45, 2.75) is 83.3 Å². The zero-order valence-corrected chi connectivity index (χ0v) is 12.4. The average Bonchev–Trinajstić information content (AvgIpc) is 2.21. The van der Waals surface area contributed by atoms with Crippen LogP contribution in [0.15, 0.2) is 0 Å². The first kappa shape index (κ1) is 15.2. The quantitative estimate of drug-likeness (QED) is 0.355. The maximum atomic E-state index is 4.26. The molecule has 1 heteroatoms. The van der Waals surface area contributed by atoms with Gasteiger partial charge in [-0.25, -0.2) is 0 Å². The molecule has 0 aliphatic heterocycles. The van der Waals surface area contributed by atoms with Crippen molar-refractivity contribution in [2.75, 3.05) is 0 Å². The van der Waals surface area contributed by atoms with Crippen LogP contribution in [-0.4, -0.2) is 8.80 Å². The van der Waals surface area contributed by atoms with E-state index in [0.29, 0.717) is 0 Å². The fourth-order valence-electron chi connectivity index (χ4n) is 1.87. The van der Waals surface area contributed by atoms with E-state index in [-0.39, 0.29) is 0 Å². The van der Waals surface area contributed by atoms with Gasteiger partial charge in [0.15, 0.2) is 0 Å². The molecule has 0 saturated heterocycles. The smallest absolute Gasteiger partial charge is 0.0337 e. The van der Waals surface area contributed by atoms with Crippen molar-refractivity contribution in [3.63, 3.8) is 0 Å². The number of hydrogen-bond acceptors (Lipinski definition) is 0. The molecule has 0 fully saturated rings. The number of hydrogen-bond donors (Lipinski definition) is 0. The summed E-state index contributed by atoms with van der Waals surface area (Å²) < 4.78 is 0. The van der Waals surface area contributed by atoms with Crippen LogP contribution in [-0.2, 0) is 0 Å². The molecule has 0 aromatic heterocycles. The summed E-state index contributed by atoms with van der Waals surface area (Å²) in [4.78, 5) is 0. The van der Waals surface area contributed by atoms with Crippen molar-refractivity contribution in [3.8, 4) is 0 Å². The Morgan fingerprint density at radius 2 is 1.33 bits per heavy atom. The van der Waals surface area contributed by atoms with Crippen molar-refractivity contribution in [3.05, 3.63) is 6.92 Å². The molecule has 1 unspecified atom stereocenters. The van der Waals surface area contributed by atoms with Crippen LogP contribution >= 0.6 is 0 Å². The van der Waals surface area contributed by atoms with E-state index in [1.165, 1.54) is 57.8 Å². The fourth-order valence-corrected chi connectivity index (χ4v) is 2.78. The van der Waals surface area contributed by atoms with Crippen LogP contribution in [0.25, 0.3) is 0 Å². The first-order chi connectivity index (χ1) is 7.18. The number of unbranched alkanes of at least 4 members (excludes halogenated alkanes) is 7. The molecule has 0 aromatic rings. The Kier molecular flexibility index (Phi) is 10.9. The van der Waals surface area contributed by atoms with Crippen molar-refractivity contribution in [1.82, 2.24) is 0 Å². The normalized spacial score (nSPS) is 13.4. The minimum Gasteiger partial charge on any atom is -0.0720 e. The van der Waals surface area contributed by atoms with Gasteiger partial charge in [-0.3, -0.25) is 0 Å². The Hall–Kier alpha value is 0.217. The highest BCUT2D eigenvalue weighted by atomic mass is 28.3. The summed E-state index contributed by atoms with van der Waals surface area (Å²) in [6, 6.07) is 0. The average molecular weight is 227 g/mol. The van der Waals surface area contributed by atoms with Gasteiger partial charge in [0, 0.05) is 8.80 Å². The summed E-state index contributed by atoms with van der Waals surface area (Å²) in [6.45, 7) is 11.4. The highest BCUT2D eigenvalue weighted by Crippen LogP contribution is 2.18. The molecule has 0 heterocycles. The second-order valence-electron chi connectivity index (χ2n) is 5.27. The summed E-state index contributed by atoms with van der Waals surface area (Å²) in [5.74, 6) is 0. The van der Waals surface area contributed by atoms with Gasteiger partial charge in [0.2, 0.25) is 0 Å². The predicted molar refractivity (Wildman–Crippen MR) is 75.2 cm³/mol. The molecule has 91 valence electrons. The molecular weight excluding hydrogens is 196 g/mol. The molecule has 0 N–H and O–H groups in total. The van der Waals surface area contributed by atoms with Gasteiger partial charge in [0.05, 0.1) is 0 Å². The Morgan fingerprint density at radius 3 is 1.80 bits per heavy atom. The summed E-state index contributed by atoms with van der Waals surface area (Å²) in [6.07, 6.45) is 12.9. The topological polar surface area (TPSA) is 0 Å². The van der Waals surface area contributed by atoms with E-state index in [4.69, 9.17) is 0 Å². The molecule has 0 amide bonds. The largest absolute Gasteiger partial charge is 0.0720 e. The van der Waals surface area contributed by atoms with Gasteiger partial charge in [-0.2, -0.15) is 0 Å². The molecule has 0 rings (SSSR count). The molecule has 0 nitrogen and oxygen atoms in total. The third kappa shape index (κ3) is 10.5. The summed E-state index contributed by atoms with van der Waals surface area (Å²) in [5, 5.41) is 0. The second kappa shape index (κ2) is 10.7. The van der Waals surface area contributed by atoms with Crippen LogP contribution in [0, 0.1) is 6.92 Å². The van der Waals surface area contributed by atoms with Gasteiger partial charge in [-0.1, -0.05) is 84.7 Å². The first-order valence-corrected chi connectivity index (χ1v) is 9.99. The zero-order chi connectivity index (χ0) is 11.5. The van der Waals surface area contributed by atoms with Crippen LogP contribution in [0.2, 0.25) is 18.6 Å². The number of rotatable bonds is 10. The first-order valence-electron chi connectivity index (χ1n) is 7.01. The lowest BCUT2D eigenvalue weighted by Crippen LogP contribution is -2.08. The van der Waals surface area contributed by atoms with E-state index in [2.05, 4.69) is 26.9 Å². The van der Waals surface area contributed by atoms with Crippen molar-refractivity contribution < 1.29 is 0 Å². The van der Waals surface area contributed by atoms with Gasteiger partial charge in [-0.05, 0) is 5.54 Å². The summed E-state index contributed by atoms with van der Waals surface area (Å²) >= 11 is 0. The standard InChI is InChI=1S/C14H31Si/c1-5-6-7-8-9-10-11-12-13-14(2)15(3)4/h14-15H,2,5-13H2,1,3-4H3. The molecule has 0 aliphatic rings. The Balaban J connectivity index is 3.05. The van der Waals surface area contributed by atoms with E-state index in [0.717, 1.165) is 5.54 Å². The van der Waals surface area contributed by atoms with Crippen LogP contribution in [0.5, 0.6) is 0 Å². The maximum absolute atomic E-state index is 4.26. The van der Waals surface area contributed by atoms with Crippen molar-refractivity contribution >= 4 is 8.80 Å². The van der Waals surface area contributed by atoms with Crippen LogP contribution in [0.1, 0.15) is 64.7 Å². The lowest BCUT2D eigenvalue weighted by atomic mass is 10.1. The molecule has 0 aromatic carbocycles. The molecule has 1 atom stereocenters. The Labute approximate surface area is 99.5 Å². The molecule has 0 saturated carbocycles. The lowest BCUT2D eigenvalue weighted by molar-refractivity contribution is 0.565. The SMILES string of the molecule is [CH2]C(CCCCCCCCCC)[SiH](C)C. The van der Waals surface area contributed by atoms with Crippen molar-refractivity contribution in [1.29, 1.82) is 0 Å². The Bertz CT molecular complexity index is 121.